The van der Waals surface area contributed by atoms with E-state index in [1.807, 2.05) is 0 Å². The largest absolute Gasteiger partial charge is 0.103 e. The molecule has 0 N–H and O–H groups in total. The van der Waals surface area contributed by atoms with Crippen molar-refractivity contribution in [3.05, 3.63) is 211 Å². The summed E-state index contributed by atoms with van der Waals surface area (Å²) in [6, 6.07) is 62.5. The minimum Gasteiger partial charge on any atom is -0.103 e. The second-order valence-corrected chi connectivity index (χ2v) is 18.2. The van der Waals surface area contributed by atoms with Crippen LogP contribution >= 0.6 is 23.8 Å². The van der Waals surface area contributed by atoms with Crippen LogP contribution in [0.2, 0.25) is 0 Å². The van der Waals surface area contributed by atoms with Gasteiger partial charge in [-0.15, -0.1) is 6.58 Å². The Morgan fingerprint density at radius 3 is 1.50 bits per heavy atom. The van der Waals surface area contributed by atoms with E-state index in [2.05, 4.69) is 209 Å². The van der Waals surface area contributed by atoms with Gasteiger partial charge in [0.05, 0.1) is 0 Å². The Bertz CT molecular complexity index is 1940. The van der Waals surface area contributed by atoms with E-state index in [-0.39, 0.29) is 0 Å². The van der Waals surface area contributed by atoms with Crippen molar-refractivity contribution in [3.8, 4) is 0 Å². The van der Waals surface area contributed by atoms with E-state index >= 15 is 0 Å². The third kappa shape index (κ3) is 7.92. The van der Waals surface area contributed by atoms with Crippen molar-refractivity contribution < 1.29 is 0 Å². The van der Waals surface area contributed by atoms with Crippen LogP contribution in [-0.4, -0.2) is 0 Å². The summed E-state index contributed by atoms with van der Waals surface area (Å²) in [5, 5.41) is 12.4. The molecule has 6 aromatic carbocycles. The summed E-state index contributed by atoms with van der Waals surface area (Å²) >= 11 is 0. The molecule has 2 unspecified atom stereocenters. The Hall–Kier alpha value is -4.17. The molecule has 3 heteroatoms. The fourth-order valence-corrected chi connectivity index (χ4v) is 13.6. The highest BCUT2D eigenvalue weighted by atomic mass is 31.1. The molecule has 0 heterocycles. The molecule has 0 spiro atoms. The van der Waals surface area contributed by atoms with Gasteiger partial charge in [0.1, 0.15) is 0 Å². The average Bonchev–Trinajstić information content (AvgIpc) is 3.14. The monoisotopic (exact) mass is 674 g/mol. The molecule has 0 bridgehead atoms. The number of benzene rings is 6. The second kappa shape index (κ2) is 16.8. The van der Waals surface area contributed by atoms with E-state index in [9.17, 15) is 0 Å². The average molecular weight is 675 g/mol. The van der Waals surface area contributed by atoms with Gasteiger partial charge in [-0.05, 0) is 109 Å². The molecule has 0 aliphatic heterocycles. The Balaban J connectivity index is 1.52. The quantitative estimate of drug-likeness (QED) is 0.0689. The van der Waals surface area contributed by atoms with Crippen molar-refractivity contribution in [1.29, 1.82) is 0 Å². The Kier molecular flexibility index (Phi) is 11.8. The molecule has 0 aliphatic carbocycles. The van der Waals surface area contributed by atoms with E-state index < -0.39 is 23.8 Å². The highest BCUT2D eigenvalue weighted by molar-refractivity contribution is 7.80. The van der Waals surface area contributed by atoms with Gasteiger partial charge >= 0.3 is 0 Å². The highest BCUT2D eigenvalue weighted by Crippen LogP contribution is 2.50. The van der Waals surface area contributed by atoms with Crippen LogP contribution in [-0.2, 0) is 0 Å². The van der Waals surface area contributed by atoms with Crippen LogP contribution in [0.5, 0.6) is 0 Å². The van der Waals surface area contributed by atoms with E-state index in [0.29, 0.717) is 0 Å². The zero-order valence-electron chi connectivity index (χ0n) is 27.7. The lowest BCUT2D eigenvalue weighted by atomic mass is 10.2. The van der Waals surface area contributed by atoms with Crippen LogP contribution < -0.4 is 37.1 Å². The lowest BCUT2D eigenvalue weighted by molar-refractivity contribution is 1.36. The van der Waals surface area contributed by atoms with Gasteiger partial charge in [0.25, 0.3) is 0 Å². The number of rotatable bonds is 12. The molecular formula is C45H41P3. The van der Waals surface area contributed by atoms with Gasteiger partial charge in [0.15, 0.2) is 0 Å². The first kappa shape index (κ1) is 33.7. The normalized spacial score (nSPS) is 13.2. The van der Waals surface area contributed by atoms with Crippen LogP contribution in [0.3, 0.4) is 0 Å². The Labute approximate surface area is 290 Å². The third-order valence-electron chi connectivity index (χ3n) is 8.27. The van der Waals surface area contributed by atoms with Crippen LogP contribution in [0, 0.1) is 6.92 Å². The molecule has 6 rings (SSSR count). The molecule has 0 radical (unpaired) electrons. The van der Waals surface area contributed by atoms with Crippen molar-refractivity contribution in [2.45, 2.75) is 20.3 Å². The first-order chi connectivity index (χ1) is 23.7. The van der Waals surface area contributed by atoms with E-state index in [1.54, 1.807) is 0 Å². The molecule has 0 nitrogen and oxygen atoms in total. The van der Waals surface area contributed by atoms with E-state index in [1.165, 1.54) is 53.3 Å². The molecule has 2 atom stereocenters. The molecule has 0 aliphatic rings. The van der Waals surface area contributed by atoms with Crippen molar-refractivity contribution in [1.82, 2.24) is 0 Å². The molecule has 48 heavy (non-hydrogen) atoms. The topological polar surface area (TPSA) is 0 Å². The summed E-state index contributed by atoms with van der Waals surface area (Å²) in [4.78, 5) is 0. The fourth-order valence-electron chi connectivity index (χ4n) is 6.06. The van der Waals surface area contributed by atoms with Crippen molar-refractivity contribution in [2.75, 3.05) is 0 Å². The lowest BCUT2D eigenvalue weighted by Gasteiger charge is -2.27. The van der Waals surface area contributed by atoms with Crippen LogP contribution in [0.25, 0.3) is 0 Å². The Morgan fingerprint density at radius 2 is 0.979 bits per heavy atom. The Morgan fingerprint density at radius 1 is 0.521 bits per heavy atom. The first-order valence-corrected chi connectivity index (χ1v) is 20.4. The summed E-state index contributed by atoms with van der Waals surface area (Å²) in [7, 11) is -2.31. The van der Waals surface area contributed by atoms with Gasteiger partial charge in [0, 0.05) is 0 Å². The van der Waals surface area contributed by atoms with Crippen molar-refractivity contribution in [3.63, 3.8) is 0 Å². The maximum absolute atomic E-state index is 4.26. The fraction of sp³-hybridized carbons (Fsp3) is 0.0667. The minimum atomic E-state index is -0.838. The molecule has 6 aromatic rings. The SMILES string of the molecule is C=CC/C(=C\C(=C/C)P(c1ccccc1)c1ccccc1)P(c1ccccc1)c1cccc(P(c2ccccc2)c2ccccc2C)c1. The zero-order valence-corrected chi connectivity index (χ0v) is 30.3. The number of hydrogen-bond donors (Lipinski definition) is 0. The van der Waals surface area contributed by atoms with Gasteiger partial charge in [0.2, 0.25) is 0 Å². The number of aryl methyl sites for hydroxylation is 1. The molecule has 236 valence electrons. The number of allylic oxidation sites excluding steroid dienone is 5. The third-order valence-corrected chi connectivity index (χ3v) is 15.9. The van der Waals surface area contributed by atoms with Crippen LogP contribution in [0.15, 0.2) is 205 Å². The molecule has 0 fully saturated rings. The van der Waals surface area contributed by atoms with E-state index in [0.717, 1.165) is 6.42 Å². The van der Waals surface area contributed by atoms with Crippen molar-refractivity contribution in [2.24, 2.45) is 0 Å². The summed E-state index contributed by atoms with van der Waals surface area (Å²) in [6.07, 6.45) is 7.75. The predicted octanol–water partition coefficient (Wildman–Crippen LogP) is 9.68. The maximum Gasteiger partial charge on any atom is -0.00891 e. The summed E-state index contributed by atoms with van der Waals surface area (Å²) in [5.74, 6) is 0. The minimum absolute atomic E-state index is 0.732. The zero-order chi connectivity index (χ0) is 33.1. The van der Waals surface area contributed by atoms with Gasteiger partial charge in [-0.3, -0.25) is 0 Å². The first-order valence-electron chi connectivity index (χ1n) is 16.4. The molecule has 0 amide bonds. The standard InChI is InChI=1S/C45H41P3/c1-4-21-42(34-37(5-2)46(38-23-10-6-11-24-38)39-25-12-7-13-26-39)47(40-27-14-8-15-28-40)43-31-20-32-44(35-43)48(41-29-16-9-17-30-41)45-33-19-18-22-36(45)3/h4-20,22-35H,1,21H2,2-3H3/b37-5+,42-34+. The summed E-state index contributed by atoms with van der Waals surface area (Å²) in [5.41, 5.74) is 1.34. The van der Waals surface area contributed by atoms with Crippen LogP contribution in [0.4, 0.5) is 0 Å². The molecule has 0 aromatic heterocycles. The molecular weight excluding hydrogens is 633 g/mol. The lowest BCUT2D eigenvalue weighted by Crippen LogP contribution is -2.25. The summed E-state index contributed by atoms with van der Waals surface area (Å²) < 4.78 is 0. The van der Waals surface area contributed by atoms with Gasteiger partial charge in [-0.2, -0.15) is 0 Å². The van der Waals surface area contributed by atoms with Gasteiger partial charge in [-0.1, -0.05) is 176 Å². The molecule has 0 saturated heterocycles. The smallest absolute Gasteiger partial charge is 0.00891 e. The van der Waals surface area contributed by atoms with Crippen LogP contribution in [0.1, 0.15) is 18.9 Å². The predicted molar refractivity (Wildman–Crippen MR) is 218 cm³/mol. The molecule has 0 saturated carbocycles. The summed E-state index contributed by atoms with van der Waals surface area (Å²) in [6.45, 7) is 8.70. The number of hydrogen-bond acceptors (Lipinski definition) is 0. The highest BCUT2D eigenvalue weighted by Gasteiger charge is 2.24. The second-order valence-electron chi connectivity index (χ2n) is 11.5. The maximum atomic E-state index is 4.26. The van der Waals surface area contributed by atoms with E-state index in [4.69, 9.17) is 0 Å². The van der Waals surface area contributed by atoms with Crippen molar-refractivity contribution >= 4 is 60.9 Å². The van der Waals surface area contributed by atoms with Gasteiger partial charge < -0.3 is 0 Å². The van der Waals surface area contributed by atoms with Gasteiger partial charge in [-0.25, -0.2) is 0 Å².